The highest BCUT2D eigenvalue weighted by atomic mass is 16.5. The molecule has 0 bridgehead atoms. The summed E-state index contributed by atoms with van der Waals surface area (Å²) in [7, 11) is 0. The minimum absolute atomic E-state index is 0.114. The van der Waals surface area contributed by atoms with Gasteiger partial charge in [-0.2, -0.15) is 5.26 Å². The van der Waals surface area contributed by atoms with Crippen LogP contribution in [0.25, 0.3) is 0 Å². The van der Waals surface area contributed by atoms with E-state index in [1.165, 1.54) is 0 Å². The summed E-state index contributed by atoms with van der Waals surface area (Å²) in [5.41, 5.74) is 0.348. The Morgan fingerprint density at radius 2 is 1.70 bits per heavy atom. The van der Waals surface area contributed by atoms with E-state index in [1.807, 2.05) is 36.4 Å². The molecule has 1 aliphatic rings. The highest BCUT2D eigenvalue weighted by molar-refractivity contribution is 5.83. The third kappa shape index (κ3) is 3.93. The number of amides is 1. The standard InChI is InChI=1S/C21H20N2O4/c22-14-16-6-8-18(9-7-16)27-15-19(24)23-12-10-21(11-13-23,20(25)26)17-4-2-1-3-5-17/h1-9H,10-13,15H2,(H,25,26). The van der Waals surface area contributed by atoms with Gasteiger partial charge in [0.1, 0.15) is 5.75 Å². The molecule has 1 heterocycles. The number of aliphatic carboxylic acids is 1. The zero-order chi connectivity index (χ0) is 19.3. The van der Waals surface area contributed by atoms with Gasteiger partial charge in [0.05, 0.1) is 17.0 Å². The third-order valence-corrected chi connectivity index (χ3v) is 5.05. The van der Waals surface area contributed by atoms with Crippen molar-refractivity contribution in [2.45, 2.75) is 18.3 Å². The molecule has 1 aliphatic heterocycles. The van der Waals surface area contributed by atoms with Crippen LogP contribution in [-0.4, -0.2) is 41.6 Å². The van der Waals surface area contributed by atoms with E-state index in [9.17, 15) is 14.7 Å². The first-order valence-corrected chi connectivity index (χ1v) is 8.75. The molecule has 138 valence electrons. The number of hydrogen-bond acceptors (Lipinski definition) is 4. The monoisotopic (exact) mass is 364 g/mol. The molecule has 6 heteroatoms. The SMILES string of the molecule is N#Cc1ccc(OCC(=O)N2CCC(C(=O)O)(c3ccccc3)CC2)cc1. The number of carboxylic acid groups (broad SMARTS) is 1. The van der Waals surface area contributed by atoms with Crippen molar-refractivity contribution in [3.05, 3.63) is 65.7 Å². The smallest absolute Gasteiger partial charge is 0.314 e. The summed E-state index contributed by atoms with van der Waals surface area (Å²) in [5, 5.41) is 18.6. The Labute approximate surface area is 157 Å². The zero-order valence-electron chi connectivity index (χ0n) is 14.8. The first-order chi connectivity index (χ1) is 13.0. The van der Waals surface area contributed by atoms with Crippen LogP contribution in [0.1, 0.15) is 24.0 Å². The molecule has 1 N–H and O–H groups in total. The summed E-state index contributed by atoms with van der Waals surface area (Å²) < 4.78 is 5.49. The van der Waals surface area contributed by atoms with Gasteiger partial charge in [0.2, 0.25) is 0 Å². The van der Waals surface area contributed by atoms with Crippen LogP contribution >= 0.6 is 0 Å². The molecule has 0 radical (unpaired) electrons. The molecular weight excluding hydrogens is 344 g/mol. The van der Waals surface area contributed by atoms with Crippen molar-refractivity contribution in [3.8, 4) is 11.8 Å². The van der Waals surface area contributed by atoms with E-state index in [4.69, 9.17) is 10.00 Å². The van der Waals surface area contributed by atoms with Gasteiger partial charge in [0, 0.05) is 13.1 Å². The summed E-state index contributed by atoms with van der Waals surface area (Å²) in [6, 6.07) is 17.8. The van der Waals surface area contributed by atoms with Crippen molar-refractivity contribution in [2.24, 2.45) is 0 Å². The number of rotatable bonds is 5. The molecule has 6 nitrogen and oxygen atoms in total. The van der Waals surface area contributed by atoms with E-state index in [0.717, 1.165) is 5.56 Å². The number of nitriles is 1. The van der Waals surface area contributed by atoms with Crippen molar-refractivity contribution >= 4 is 11.9 Å². The Morgan fingerprint density at radius 1 is 1.07 bits per heavy atom. The molecule has 2 aromatic rings. The van der Waals surface area contributed by atoms with Gasteiger partial charge in [-0.3, -0.25) is 9.59 Å². The lowest BCUT2D eigenvalue weighted by Crippen LogP contribution is -2.50. The Bertz CT molecular complexity index is 848. The third-order valence-electron chi connectivity index (χ3n) is 5.05. The average Bonchev–Trinajstić information content (AvgIpc) is 2.73. The Balaban J connectivity index is 1.59. The van der Waals surface area contributed by atoms with Crippen LogP contribution in [0.4, 0.5) is 0 Å². The van der Waals surface area contributed by atoms with E-state index in [0.29, 0.717) is 37.2 Å². The van der Waals surface area contributed by atoms with Crippen LogP contribution < -0.4 is 4.74 Å². The number of likely N-dealkylation sites (tertiary alicyclic amines) is 1. The molecule has 1 amide bonds. The van der Waals surface area contributed by atoms with Crippen molar-refractivity contribution in [2.75, 3.05) is 19.7 Å². The zero-order valence-corrected chi connectivity index (χ0v) is 14.8. The topological polar surface area (TPSA) is 90.6 Å². The van der Waals surface area contributed by atoms with Gasteiger partial charge in [0.15, 0.2) is 6.61 Å². The highest BCUT2D eigenvalue weighted by Gasteiger charge is 2.43. The second kappa shape index (κ2) is 7.92. The van der Waals surface area contributed by atoms with E-state index in [-0.39, 0.29) is 12.5 Å². The lowest BCUT2D eigenvalue weighted by molar-refractivity contribution is -0.148. The number of hydrogen-bond donors (Lipinski definition) is 1. The molecule has 0 atom stereocenters. The highest BCUT2D eigenvalue weighted by Crippen LogP contribution is 2.35. The Hall–Kier alpha value is -3.33. The van der Waals surface area contributed by atoms with Crippen LogP contribution in [-0.2, 0) is 15.0 Å². The second-order valence-corrected chi connectivity index (χ2v) is 6.56. The Kier molecular flexibility index (Phi) is 5.41. The number of carbonyl (C=O) groups excluding carboxylic acids is 1. The minimum Gasteiger partial charge on any atom is -0.484 e. The van der Waals surface area contributed by atoms with Crippen LogP contribution in [0.5, 0.6) is 5.75 Å². The van der Waals surface area contributed by atoms with Crippen molar-refractivity contribution < 1.29 is 19.4 Å². The number of piperidine rings is 1. The van der Waals surface area contributed by atoms with E-state index in [2.05, 4.69) is 0 Å². The van der Waals surface area contributed by atoms with E-state index in [1.54, 1.807) is 29.2 Å². The van der Waals surface area contributed by atoms with Crippen molar-refractivity contribution in [1.29, 1.82) is 5.26 Å². The number of benzene rings is 2. The molecule has 0 spiro atoms. The van der Waals surface area contributed by atoms with Gasteiger partial charge in [0.25, 0.3) is 5.91 Å². The summed E-state index contributed by atoms with van der Waals surface area (Å²) in [5.74, 6) is -0.510. The van der Waals surface area contributed by atoms with Crippen LogP contribution in [0.3, 0.4) is 0 Å². The maximum absolute atomic E-state index is 12.4. The number of ether oxygens (including phenoxy) is 1. The molecule has 0 aliphatic carbocycles. The first kappa shape index (κ1) is 18.5. The Morgan fingerprint density at radius 3 is 2.26 bits per heavy atom. The molecule has 0 unspecified atom stereocenters. The van der Waals surface area contributed by atoms with Gasteiger partial charge in [-0.15, -0.1) is 0 Å². The van der Waals surface area contributed by atoms with Gasteiger partial charge >= 0.3 is 5.97 Å². The number of nitrogens with zero attached hydrogens (tertiary/aromatic N) is 2. The first-order valence-electron chi connectivity index (χ1n) is 8.75. The average molecular weight is 364 g/mol. The quantitative estimate of drug-likeness (QED) is 0.881. The normalized spacial score (nSPS) is 15.6. The fraction of sp³-hybridized carbons (Fsp3) is 0.286. The van der Waals surface area contributed by atoms with Crippen LogP contribution in [0.15, 0.2) is 54.6 Å². The molecule has 1 fully saturated rings. The van der Waals surface area contributed by atoms with Gasteiger partial charge in [-0.25, -0.2) is 0 Å². The summed E-state index contributed by atoms with van der Waals surface area (Å²) >= 11 is 0. The summed E-state index contributed by atoms with van der Waals surface area (Å²) in [6.07, 6.45) is 0.740. The number of carboxylic acids is 1. The lowest BCUT2D eigenvalue weighted by Gasteiger charge is -2.39. The molecule has 27 heavy (non-hydrogen) atoms. The minimum atomic E-state index is -0.952. The van der Waals surface area contributed by atoms with Gasteiger partial charge < -0.3 is 14.7 Å². The van der Waals surface area contributed by atoms with Gasteiger partial charge in [-0.05, 0) is 42.7 Å². The van der Waals surface area contributed by atoms with Crippen LogP contribution in [0, 0.1) is 11.3 Å². The fourth-order valence-electron chi connectivity index (χ4n) is 3.38. The maximum Gasteiger partial charge on any atom is 0.314 e. The summed E-state index contributed by atoms with van der Waals surface area (Å²) in [4.78, 5) is 26.0. The molecule has 0 saturated carbocycles. The van der Waals surface area contributed by atoms with E-state index >= 15 is 0 Å². The van der Waals surface area contributed by atoms with Crippen molar-refractivity contribution in [1.82, 2.24) is 4.90 Å². The molecule has 3 rings (SSSR count). The maximum atomic E-state index is 12.4. The van der Waals surface area contributed by atoms with Gasteiger partial charge in [-0.1, -0.05) is 30.3 Å². The fourth-order valence-corrected chi connectivity index (χ4v) is 3.38. The predicted molar refractivity (Wildman–Crippen MR) is 98.2 cm³/mol. The lowest BCUT2D eigenvalue weighted by atomic mass is 9.73. The largest absolute Gasteiger partial charge is 0.484 e. The second-order valence-electron chi connectivity index (χ2n) is 6.56. The number of carbonyl (C=O) groups is 2. The van der Waals surface area contributed by atoms with Crippen LogP contribution in [0.2, 0.25) is 0 Å². The van der Waals surface area contributed by atoms with E-state index < -0.39 is 11.4 Å². The molecule has 2 aromatic carbocycles. The molecule has 0 aromatic heterocycles. The predicted octanol–water partition coefficient (Wildman–Crippen LogP) is 2.58. The summed E-state index contributed by atoms with van der Waals surface area (Å²) in [6.45, 7) is 0.630. The molecular formula is C21H20N2O4. The van der Waals surface area contributed by atoms with Crippen molar-refractivity contribution in [3.63, 3.8) is 0 Å². The molecule has 1 saturated heterocycles.